The predicted molar refractivity (Wildman–Crippen MR) is 58.3 cm³/mol. The molecule has 1 aromatic carbocycles. The maximum Gasteiger partial charge on any atom is 0.170 e. The quantitative estimate of drug-likeness (QED) is 0.765. The fraction of sp³-hybridized carbons (Fsp3) is 0.167. The number of hydrogen-bond donors (Lipinski definition) is 2. The van der Waals surface area contributed by atoms with Crippen molar-refractivity contribution in [2.24, 2.45) is 0 Å². The minimum absolute atomic E-state index is 0.112. The Morgan fingerprint density at radius 3 is 2.82 bits per heavy atom. The van der Waals surface area contributed by atoms with Crippen LogP contribution in [0.4, 0.5) is 4.39 Å². The van der Waals surface area contributed by atoms with Crippen molar-refractivity contribution in [2.75, 3.05) is 0 Å². The maximum absolute atomic E-state index is 13.6. The summed E-state index contributed by atoms with van der Waals surface area (Å²) in [5.74, 6) is -0.696. The number of aliphatic hydroxyl groups excluding tert-OH is 2. The van der Waals surface area contributed by atoms with Crippen molar-refractivity contribution in [2.45, 2.75) is 12.2 Å². The van der Waals surface area contributed by atoms with Gasteiger partial charge in [-0.15, -0.1) is 0 Å². The van der Waals surface area contributed by atoms with Crippen molar-refractivity contribution >= 4 is 10.9 Å². The highest BCUT2D eigenvalue weighted by molar-refractivity contribution is 5.79. The molecule has 5 heteroatoms. The van der Waals surface area contributed by atoms with Crippen LogP contribution in [0.25, 0.3) is 10.9 Å². The largest absolute Gasteiger partial charge is 0.384 e. The summed E-state index contributed by atoms with van der Waals surface area (Å²) >= 11 is 0. The van der Waals surface area contributed by atoms with E-state index in [1.165, 1.54) is 18.3 Å². The number of fused-ring (bicyclic) bond motifs is 1. The molecule has 0 bridgehead atoms. The lowest BCUT2D eigenvalue weighted by atomic mass is 10.0. The van der Waals surface area contributed by atoms with Crippen molar-refractivity contribution in [3.8, 4) is 6.07 Å². The van der Waals surface area contributed by atoms with E-state index >= 15 is 0 Å². The van der Waals surface area contributed by atoms with Crippen LogP contribution in [0.5, 0.6) is 0 Å². The van der Waals surface area contributed by atoms with Crippen molar-refractivity contribution in [1.82, 2.24) is 4.98 Å². The van der Waals surface area contributed by atoms with E-state index in [1.54, 1.807) is 12.1 Å². The van der Waals surface area contributed by atoms with Crippen molar-refractivity contribution in [3.05, 3.63) is 41.8 Å². The number of nitriles is 1. The Kier molecular flexibility index (Phi) is 3.00. The standard InChI is InChI=1S/C12H9FN2O2/c13-9-5-10-7(2-1-3-15-10)4-8(9)12(17)11(16)6-14/h1-5,11-12,16-17H. The molecule has 0 spiro atoms. The monoisotopic (exact) mass is 232 g/mol. The molecule has 2 atom stereocenters. The number of pyridine rings is 1. The first kappa shape index (κ1) is 11.5. The van der Waals surface area contributed by atoms with E-state index in [4.69, 9.17) is 5.26 Å². The van der Waals surface area contributed by atoms with Crippen LogP contribution < -0.4 is 0 Å². The van der Waals surface area contributed by atoms with Crippen molar-refractivity contribution < 1.29 is 14.6 Å². The number of benzene rings is 1. The average molecular weight is 232 g/mol. The molecule has 0 saturated carbocycles. The number of aliphatic hydroxyl groups is 2. The van der Waals surface area contributed by atoms with E-state index in [2.05, 4.69) is 4.98 Å². The smallest absolute Gasteiger partial charge is 0.170 e. The van der Waals surface area contributed by atoms with Crippen molar-refractivity contribution in [1.29, 1.82) is 5.26 Å². The Labute approximate surface area is 96.6 Å². The number of nitrogens with zero attached hydrogens (tertiary/aromatic N) is 2. The highest BCUT2D eigenvalue weighted by Gasteiger charge is 2.21. The molecule has 0 radical (unpaired) electrons. The second-order valence-electron chi connectivity index (χ2n) is 3.59. The van der Waals surface area contributed by atoms with Crippen LogP contribution in [-0.2, 0) is 0 Å². The fourth-order valence-corrected chi connectivity index (χ4v) is 1.58. The van der Waals surface area contributed by atoms with E-state index in [0.29, 0.717) is 10.9 Å². The van der Waals surface area contributed by atoms with Gasteiger partial charge in [-0.3, -0.25) is 4.98 Å². The molecule has 17 heavy (non-hydrogen) atoms. The summed E-state index contributed by atoms with van der Waals surface area (Å²) in [6.45, 7) is 0. The summed E-state index contributed by atoms with van der Waals surface area (Å²) in [6, 6.07) is 7.39. The topological polar surface area (TPSA) is 77.1 Å². The highest BCUT2D eigenvalue weighted by atomic mass is 19.1. The van der Waals surface area contributed by atoms with Gasteiger partial charge in [0.05, 0.1) is 11.6 Å². The normalized spacial score (nSPS) is 14.2. The Morgan fingerprint density at radius 1 is 1.35 bits per heavy atom. The molecule has 0 aliphatic heterocycles. The maximum atomic E-state index is 13.6. The Bertz CT molecular complexity index is 595. The van der Waals surface area contributed by atoms with Crippen LogP contribution in [0, 0.1) is 17.1 Å². The van der Waals surface area contributed by atoms with Gasteiger partial charge in [0.25, 0.3) is 0 Å². The van der Waals surface area contributed by atoms with E-state index in [1.807, 2.05) is 0 Å². The third-order valence-corrected chi connectivity index (χ3v) is 2.47. The zero-order valence-corrected chi connectivity index (χ0v) is 8.71. The summed E-state index contributed by atoms with van der Waals surface area (Å²) in [6.07, 6.45) is -1.69. The van der Waals surface area contributed by atoms with Gasteiger partial charge >= 0.3 is 0 Å². The van der Waals surface area contributed by atoms with E-state index in [9.17, 15) is 14.6 Å². The van der Waals surface area contributed by atoms with Crippen LogP contribution in [0.2, 0.25) is 0 Å². The lowest BCUT2D eigenvalue weighted by Crippen LogP contribution is -2.17. The number of halogens is 1. The van der Waals surface area contributed by atoms with Crippen molar-refractivity contribution in [3.63, 3.8) is 0 Å². The molecule has 1 heterocycles. The van der Waals surface area contributed by atoms with E-state index in [-0.39, 0.29) is 5.56 Å². The number of hydrogen-bond acceptors (Lipinski definition) is 4. The molecule has 0 amide bonds. The van der Waals surface area contributed by atoms with Gasteiger partial charge in [0, 0.05) is 23.2 Å². The Hall–Kier alpha value is -2.03. The summed E-state index contributed by atoms with van der Waals surface area (Å²) in [4.78, 5) is 3.96. The molecule has 2 aromatic rings. The number of rotatable bonds is 2. The van der Waals surface area contributed by atoms with E-state index < -0.39 is 18.0 Å². The third-order valence-electron chi connectivity index (χ3n) is 2.47. The van der Waals surface area contributed by atoms with Gasteiger partial charge in [-0.05, 0) is 12.1 Å². The Balaban J connectivity index is 2.55. The zero-order chi connectivity index (χ0) is 12.4. The summed E-state index contributed by atoms with van der Waals surface area (Å²) in [7, 11) is 0. The minimum atomic E-state index is -1.65. The van der Waals surface area contributed by atoms with Crippen LogP contribution in [0.1, 0.15) is 11.7 Å². The van der Waals surface area contributed by atoms with E-state index in [0.717, 1.165) is 6.07 Å². The molecule has 86 valence electrons. The van der Waals surface area contributed by atoms with Crippen LogP contribution >= 0.6 is 0 Å². The predicted octanol–water partition coefficient (Wildman–Crippen LogP) is 1.29. The van der Waals surface area contributed by atoms with Gasteiger partial charge in [-0.2, -0.15) is 5.26 Å². The minimum Gasteiger partial charge on any atom is -0.384 e. The first-order valence-corrected chi connectivity index (χ1v) is 4.93. The molecule has 4 nitrogen and oxygen atoms in total. The van der Waals surface area contributed by atoms with Crippen LogP contribution in [0.3, 0.4) is 0 Å². The lowest BCUT2D eigenvalue weighted by molar-refractivity contribution is 0.0504. The molecule has 0 aliphatic rings. The second-order valence-corrected chi connectivity index (χ2v) is 3.59. The van der Waals surface area contributed by atoms with Crippen LogP contribution in [0.15, 0.2) is 30.5 Å². The SMILES string of the molecule is N#CC(O)C(O)c1cc2cccnc2cc1F. The number of aromatic nitrogens is 1. The summed E-state index contributed by atoms with van der Waals surface area (Å²) in [5, 5.41) is 27.9. The fourth-order valence-electron chi connectivity index (χ4n) is 1.58. The molecule has 0 aliphatic carbocycles. The first-order valence-electron chi connectivity index (χ1n) is 4.93. The summed E-state index contributed by atoms with van der Waals surface area (Å²) < 4.78 is 13.6. The molecule has 0 fully saturated rings. The van der Waals surface area contributed by atoms with Gasteiger partial charge in [-0.1, -0.05) is 6.07 Å². The molecule has 1 aromatic heterocycles. The summed E-state index contributed by atoms with van der Waals surface area (Å²) in [5.41, 5.74) is 0.340. The Morgan fingerprint density at radius 2 is 2.12 bits per heavy atom. The molecule has 2 unspecified atom stereocenters. The first-order chi connectivity index (χ1) is 8.13. The van der Waals surface area contributed by atoms with Gasteiger partial charge in [0.2, 0.25) is 0 Å². The lowest BCUT2D eigenvalue weighted by Gasteiger charge is -2.13. The molecule has 2 rings (SSSR count). The second kappa shape index (κ2) is 4.45. The van der Waals surface area contributed by atoms with Gasteiger partial charge in [-0.25, -0.2) is 4.39 Å². The molecular weight excluding hydrogens is 223 g/mol. The molecular formula is C12H9FN2O2. The molecule has 2 N–H and O–H groups in total. The zero-order valence-electron chi connectivity index (χ0n) is 8.71. The van der Waals surface area contributed by atoms with Gasteiger partial charge in [0.15, 0.2) is 6.10 Å². The van der Waals surface area contributed by atoms with Gasteiger partial charge < -0.3 is 10.2 Å². The average Bonchev–Trinajstić information content (AvgIpc) is 2.36. The molecule has 0 saturated heterocycles. The highest BCUT2D eigenvalue weighted by Crippen LogP contribution is 2.24. The van der Waals surface area contributed by atoms with Crippen LogP contribution in [-0.4, -0.2) is 21.3 Å². The van der Waals surface area contributed by atoms with Gasteiger partial charge in [0.1, 0.15) is 11.9 Å². The third kappa shape index (κ3) is 2.09.